The molecule has 0 aromatic heterocycles. The van der Waals surface area contributed by atoms with Gasteiger partial charge in [-0.15, -0.1) is 0 Å². The molecule has 0 amide bonds. The number of nitrogens with two attached hydrogens (primary N) is 1. The molecular weight excluding hydrogens is 484 g/mol. The predicted octanol–water partition coefficient (Wildman–Crippen LogP) is 8.31. The van der Waals surface area contributed by atoms with E-state index in [4.69, 9.17) is 10.5 Å². The van der Waals surface area contributed by atoms with Gasteiger partial charge in [0.1, 0.15) is 12.7 Å². The van der Waals surface area contributed by atoms with Crippen LogP contribution < -0.4 is 11.1 Å². The Morgan fingerprint density at radius 1 is 0.897 bits per heavy atom. The highest BCUT2D eigenvalue weighted by molar-refractivity contribution is 5.76. The molecule has 0 aliphatic heterocycles. The third-order valence-corrected chi connectivity index (χ3v) is 8.97. The highest BCUT2D eigenvalue weighted by Gasteiger charge is 2.40. The lowest BCUT2D eigenvalue weighted by Gasteiger charge is -2.46. The second-order valence-electron chi connectivity index (χ2n) is 14.5. The molecule has 0 radical (unpaired) electrons. The van der Waals surface area contributed by atoms with E-state index in [9.17, 15) is 9.90 Å². The van der Waals surface area contributed by atoms with Gasteiger partial charge in [0.15, 0.2) is 0 Å². The van der Waals surface area contributed by atoms with Gasteiger partial charge in [0, 0.05) is 19.1 Å². The minimum Gasteiger partial charge on any atom is -0.462 e. The Balaban J connectivity index is 2.48. The first kappa shape index (κ1) is 36.4. The maximum absolute atomic E-state index is 13.3. The summed E-state index contributed by atoms with van der Waals surface area (Å²) in [6.07, 6.45) is 21.8. The molecule has 3 atom stereocenters. The monoisotopic (exact) mass is 553 g/mol. The molecule has 1 saturated carbocycles. The summed E-state index contributed by atoms with van der Waals surface area (Å²) in [4.78, 5) is 13.3. The van der Waals surface area contributed by atoms with Crippen LogP contribution in [0.4, 0.5) is 0 Å². The quantitative estimate of drug-likeness (QED) is 0.0876. The molecule has 0 spiro atoms. The molecule has 39 heavy (non-hydrogen) atoms. The van der Waals surface area contributed by atoms with Crippen LogP contribution in [0.3, 0.4) is 0 Å². The number of nitrogens with one attached hydrogen (secondary N) is 1. The van der Waals surface area contributed by atoms with Crippen molar-refractivity contribution < 1.29 is 14.6 Å². The van der Waals surface area contributed by atoms with Gasteiger partial charge in [0.05, 0.1) is 5.41 Å². The molecule has 1 aliphatic carbocycles. The zero-order valence-corrected chi connectivity index (χ0v) is 27.1. The van der Waals surface area contributed by atoms with Crippen LogP contribution in [0.25, 0.3) is 0 Å². The summed E-state index contributed by atoms with van der Waals surface area (Å²) in [7, 11) is 0. The van der Waals surface area contributed by atoms with E-state index in [1.807, 2.05) is 0 Å². The second-order valence-corrected chi connectivity index (χ2v) is 14.5. The molecule has 0 saturated heterocycles. The van der Waals surface area contributed by atoms with Crippen molar-refractivity contribution in [3.05, 3.63) is 0 Å². The molecule has 5 heteroatoms. The molecule has 3 unspecified atom stereocenters. The van der Waals surface area contributed by atoms with Gasteiger partial charge < -0.3 is 20.9 Å². The van der Waals surface area contributed by atoms with Crippen molar-refractivity contribution in [2.24, 2.45) is 22.0 Å². The number of hydrogen-bond donors (Lipinski definition) is 3. The Kier molecular flexibility index (Phi) is 18.2. The summed E-state index contributed by atoms with van der Waals surface area (Å²) in [6, 6.07) is 0.233. The number of rotatable bonds is 23. The van der Waals surface area contributed by atoms with Crippen LogP contribution in [0.1, 0.15) is 164 Å². The van der Waals surface area contributed by atoms with E-state index >= 15 is 0 Å². The average Bonchev–Trinajstić information content (AvgIpc) is 2.84. The molecule has 0 heterocycles. The Hall–Kier alpha value is -0.650. The lowest BCUT2D eigenvalue weighted by atomic mass is 9.63. The van der Waals surface area contributed by atoms with E-state index in [1.54, 1.807) is 0 Å². The summed E-state index contributed by atoms with van der Waals surface area (Å²) >= 11 is 0. The summed E-state index contributed by atoms with van der Waals surface area (Å²) in [5, 5.41) is 14.0. The van der Waals surface area contributed by atoms with Crippen molar-refractivity contribution in [2.45, 2.75) is 176 Å². The molecule has 1 rings (SSSR count). The minimum absolute atomic E-state index is 0.0666. The predicted molar refractivity (Wildman–Crippen MR) is 167 cm³/mol. The largest absolute Gasteiger partial charge is 0.462 e. The fraction of sp³-hybridized carbons (Fsp3) is 0.971. The molecule has 0 bridgehead atoms. The van der Waals surface area contributed by atoms with Crippen molar-refractivity contribution >= 4 is 5.97 Å². The Bertz CT molecular complexity index is 620. The van der Waals surface area contributed by atoms with E-state index in [-0.39, 0.29) is 29.4 Å². The second kappa shape index (κ2) is 19.5. The zero-order chi connectivity index (χ0) is 29.2. The van der Waals surface area contributed by atoms with Gasteiger partial charge in [-0.1, -0.05) is 125 Å². The standard InChI is InChI=1S/C34H68N2O3/c1-7-9-11-13-15-17-19-21-34(6,22-20-18-16-14-12-10-8-2)31(38)39-26-30(37)25-36-28-33(5)24-29(35)23-32(3,4)27-33/h29-30,36-37H,7-28,35H2,1-6H3. The molecule has 232 valence electrons. The fourth-order valence-electron chi connectivity index (χ4n) is 7.07. The summed E-state index contributed by atoms with van der Waals surface area (Å²) in [6.45, 7) is 14.8. The number of hydrogen-bond acceptors (Lipinski definition) is 5. The van der Waals surface area contributed by atoms with Crippen LogP contribution in [0.15, 0.2) is 0 Å². The molecule has 0 aromatic rings. The van der Waals surface area contributed by atoms with Crippen molar-refractivity contribution in [3.8, 4) is 0 Å². The fourth-order valence-corrected chi connectivity index (χ4v) is 7.07. The lowest BCUT2D eigenvalue weighted by Crippen LogP contribution is -2.47. The molecule has 4 N–H and O–H groups in total. The first-order valence-electron chi connectivity index (χ1n) is 16.8. The zero-order valence-electron chi connectivity index (χ0n) is 27.1. The molecule has 5 nitrogen and oxygen atoms in total. The van der Waals surface area contributed by atoms with Crippen LogP contribution in [-0.2, 0) is 9.53 Å². The van der Waals surface area contributed by atoms with Crippen LogP contribution in [0.5, 0.6) is 0 Å². The number of carbonyl (C=O) groups is 1. The van der Waals surface area contributed by atoms with Gasteiger partial charge >= 0.3 is 5.97 Å². The smallest absolute Gasteiger partial charge is 0.311 e. The molecule has 0 aromatic carbocycles. The maximum Gasteiger partial charge on any atom is 0.311 e. The van der Waals surface area contributed by atoms with Crippen molar-refractivity contribution in [1.82, 2.24) is 5.32 Å². The first-order valence-corrected chi connectivity index (χ1v) is 16.8. The maximum atomic E-state index is 13.3. The Morgan fingerprint density at radius 2 is 1.38 bits per heavy atom. The van der Waals surface area contributed by atoms with Gasteiger partial charge in [-0.05, 0) is 49.9 Å². The van der Waals surface area contributed by atoms with Crippen LogP contribution >= 0.6 is 0 Å². The number of unbranched alkanes of at least 4 members (excludes halogenated alkanes) is 12. The van der Waals surface area contributed by atoms with Gasteiger partial charge in [-0.2, -0.15) is 0 Å². The number of esters is 1. The average molecular weight is 553 g/mol. The van der Waals surface area contributed by atoms with Crippen LogP contribution in [-0.4, -0.2) is 42.9 Å². The van der Waals surface area contributed by atoms with E-state index in [0.717, 1.165) is 51.5 Å². The van der Waals surface area contributed by atoms with Gasteiger partial charge in [0.25, 0.3) is 0 Å². The molecular formula is C34H68N2O3. The summed E-state index contributed by atoms with van der Waals surface area (Å²) < 4.78 is 5.76. The van der Waals surface area contributed by atoms with Crippen molar-refractivity contribution in [1.29, 1.82) is 0 Å². The Labute approximate surface area is 243 Å². The van der Waals surface area contributed by atoms with E-state index in [2.05, 4.69) is 46.9 Å². The molecule has 1 fully saturated rings. The summed E-state index contributed by atoms with van der Waals surface area (Å²) in [5.74, 6) is -0.120. The summed E-state index contributed by atoms with van der Waals surface area (Å²) in [5.41, 5.74) is 6.27. The van der Waals surface area contributed by atoms with Gasteiger partial charge in [-0.3, -0.25) is 4.79 Å². The lowest BCUT2D eigenvalue weighted by molar-refractivity contribution is -0.159. The first-order chi connectivity index (χ1) is 18.5. The normalized spacial score (nSPS) is 22.1. The third kappa shape index (κ3) is 16.4. The highest BCUT2D eigenvalue weighted by Crippen LogP contribution is 2.45. The minimum atomic E-state index is -0.691. The van der Waals surface area contributed by atoms with E-state index in [1.165, 1.54) is 77.0 Å². The Morgan fingerprint density at radius 3 is 1.87 bits per heavy atom. The molecule has 1 aliphatic rings. The van der Waals surface area contributed by atoms with Gasteiger partial charge in [-0.25, -0.2) is 0 Å². The third-order valence-electron chi connectivity index (χ3n) is 8.97. The van der Waals surface area contributed by atoms with Crippen LogP contribution in [0, 0.1) is 16.2 Å². The number of ether oxygens (including phenoxy) is 1. The number of aliphatic hydroxyl groups is 1. The number of carbonyl (C=O) groups excluding carboxylic acids is 1. The van der Waals surface area contributed by atoms with Crippen molar-refractivity contribution in [2.75, 3.05) is 19.7 Å². The van der Waals surface area contributed by atoms with Gasteiger partial charge in [0.2, 0.25) is 0 Å². The van der Waals surface area contributed by atoms with E-state index < -0.39 is 11.5 Å². The SMILES string of the molecule is CCCCCCCCCC(C)(CCCCCCCCC)C(=O)OCC(O)CNCC1(C)CC(N)CC(C)(C)C1. The van der Waals surface area contributed by atoms with Crippen LogP contribution in [0.2, 0.25) is 0 Å². The highest BCUT2D eigenvalue weighted by atomic mass is 16.5. The number of aliphatic hydroxyl groups excluding tert-OH is 1. The van der Waals surface area contributed by atoms with E-state index in [0.29, 0.717) is 6.54 Å². The van der Waals surface area contributed by atoms with Crippen molar-refractivity contribution in [3.63, 3.8) is 0 Å². The topological polar surface area (TPSA) is 84.6 Å².